The number of nitrogens with zero attached hydrogens (tertiary/aromatic N) is 2. The zero-order valence-electron chi connectivity index (χ0n) is 16.2. The second kappa shape index (κ2) is 8.23. The predicted molar refractivity (Wildman–Crippen MR) is 118 cm³/mol. The Kier molecular flexibility index (Phi) is 5.13. The summed E-state index contributed by atoms with van der Waals surface area (Å²) in [5, 5.41) is 12.5. The maximum absolute atomic E-state index is 11.7. The Morgan fingerprint density at radius 2 is 1.77 bits per heavy atom. The third kappa shape index (κ3) is 4.02. The number of carbonyl (C=O) groups is 1. The fourth-order valence-electron chi connectivity index (χ4n) is 3.27. The van der Waals surface area contributed by atoms with Crippen LogP contribution in [0, 0.1) is 0 Å². The first-order chi connectivity index (χ1) is 15.2. The number of nitrogens with two attached hydrogens (primary N) is 1. The third-order valence-electron chi connectivity index (χ3n) is 4.79. The SMILES string of the molecule is O=C1OCc2cc(Nc3nc4ccccc4nc3NSc3cccc([NH2+]O)c3)ccc21. The minimum Gasteiger partial charge on any atom is -0.457 e. The van der Waals surface area contributed by atoms with E-state index in [0.717, 1.165) is 32.7 Å². The van der Waals surface area contributed by atoms with Crippen LogP contribution in [0.4, 0.5) is 23.0 Å². The van der Waals surface area contributed by atoms with Gasteiger partial charge in [0.05, 0.1) is 16.6 Å². The largest absolute Gasteiger partial charge is 0.457 e. The molecule has 1 aliphatic heterocycles. The number of hydrogen-bond donors (Lipinski definition) is 4. The number of quaternary nitrogens is 1. The molecule has 1 aromatic heterocycles. The Balaban J connectivity index is 1.46. The maximum Gasteiger partial charge on any atom is 0.338 e. The molecule has 0 aliphatic carbocycles. The smallest absolute Gasteiger partial charge is 0.338 e. The third-order valence-corrected chi connectivity index (χ3v) is 5.57. The summed E-state index contributed by atoms with van der Waals surface area (Å²) in [6.07, 6.45) is 0. The van der Waals surface area contributed by atoms with Crippen LogP contribution >= 0.6 is 11.9 Å². The van der Waals surface area contributed by atoms with Gasteiger partial charge in [0, 0.05) is 28.3 Å². The van der Waals surface area contributed by atoms with Crippen LogP contribution in [0.3, 0.4) is 0 Å². The van der Waals surface area contributed by atoms with Crippen LogP contribution in [0.1, 0.15) is 15.9 Å². The number of hydrogen-bond acceptors (Lipinski definition) is 8. The molecule has 0 saturated heterocycles. The Morgan fingerprint density at radius 3 is 2.58 bits per heavy atom. The number of rotatable bonds is 6. The number of aromatic nitrogens is 2. The second-order valence-corrected chi connectivity index (χ2v) is 7.77. The fraction of sp³-hybridized carbons (Fsp3) is 0.0455. The lowest BCUT2D eigenvalue weighted by atomic mass is 10.1. The van der Waals surface area contributed by atoms with Gasteiger partial charge in [-0.05, 0) is 48.3 Å². The summed E-state index contributed by atoms with van der Waals surface area (Å²) in [5.41, 5.74) is 5.51. The van der Waals surface area contributed by atoms with Crippen LogP contribution in [-0.4, -0.2) is 21.1 Å². The molecule has 0 spiro atoms. The van der Waals surface area contributed by atoms with E-state index in [1.165, 1.54) is 11.9 Å². The predicted octanol–water partition coefficient (Wildman–Crippen LogP) is 3.75. The summed E-state index contributed by atoms with van der Waals surface area (Å²) in [6.45, 7) is 0.270. The number of benzene rings is 3. The average molecular weight is 432 g/mol. The standard InChI is InChI=1S/C22H17N5O3S/c28-22-17-9-8-14(10-13(17)12-30-22)23-20-21(25-19-7-2-1-6-18(19)24-20)27-31-16-5-3-4-15(11-16)26-29/h1-11,26,29H,12H2,(H,23,24)(H,25,27)/p+1. The maximum atomic E-state index is 11.7. The first-order valence-electron chi connectivity index (χ1n) is 9.54. The minimum absolute atomic E-state index is 0.270. The highest BCUT2D eigenvalue weighted by Crippen LogP contribution is 2.31. The summed E-state index contributed by atoms with van der Waals surface area (Å²) < 4.78 is 8.34. The van der Waals surface area contributed by atoms with Gasteiger partial charge in [-0.25, -0.2) is 20.0 Å². The monoisotopic (exact) mass is 432 g/mol. The molecule has 0 fully saturated rings. The molecule has 0 atom stereocenters. The number of anilines is 3. The number of cyclic esters (lactones) is 1. The molecule has 1 aliphatic rings. The molecule has 31 heavy (non-hydrogen) atoms. The van der Waals surface area contributed by atoms with E-state index < -0.39 is 0 Å². The molecule has 4 aromatic rings. The van der Waals surface area contributed by atoms with Gasteiger partial charge in [-0.15, -0.1) is 0 Å². The van der Waals surface area contributed by atoms with Crippen molar-refractivity contribution in [2.45, 2.75) is 11.5 Å². The lowest BCUT2D eigenvalue weighted by molar-refractivity contribution is -0.825. The van der Waals surface area contributed by atoms with Gasteiger partial charge in [-0.1, -0.05) is 18.2 Å². The normalized spacial score (nSPS) is 12.5. The molecule has 154 valence electrons. The summed E-state index contributed by atoms with van der Waals surface area (Å²) in [6, 6.07) is 20.6. The topological polar surface area (TPSA) is 113 Å². The van der Waals surface area contributed by atoms with Crippen molar-refractivity contribution in [3.8, 4) is 0 Å². The molecule has 0 saturated carbocycles. The van der Waals surface area contributed by atoms with E-state index in [-0.39, 0.29) is 12.6 Å². The number of ether oxygens (including phenoxy) is 1. The van der Waals surface area contributed by atoms with Crippen LogP contribution in [0.15, 0.2) is 71.6 Å². The molecule has 0 bridgehead atoms. The lowest BCUT2D eigenvalue weighted by Gasteiger charge is -2.13. The molecular weight excluding hydrogens is 414 g/mol. The van der Waals surface area contributed by atoms with Gasteiger partial charge in [-0.2, -0.15) is 5.48 Å². The Bertz CT molecular complexity index is 1300. The number of para-hydroxylation sites is 2. The van der Waals surface area contributed by atoms with Crippen LogP contribution < -0.4 is 15.5 Å². The zero-order valence-corrected chi connectivity index (χ0v) is 17.0. The van der Waals surface area contributed by atoms with Crippen molar-refractivity contribution in [3.63, 3.8) is 0 Å². The van der Waals surface area contributed by atoms with Crippen molar-refractivity contribution in [1.82, 2.24) is 9.97 Å². The Hall–Kier alpha value is -3.66. The van der Waals surface area contributed by atoms with Crippen LogP contribution in [0.5, 0.6) is 0 Å². The van der Waals surface area contributed by atoms with Crippen molar-refractivity contribution in [2.75, 3.05) is 10.0 Å². The summed E-state index contributed by atoms with van der Waals surface area (Å²) in [5.74, 6) is 0.823. The molecule has 3 aromatic carbocycles. The second-order valence-electron chi connectivity index (χ2n) is 6.89. The lowest BCUT2D eigenvalue weighted by Crippen LogP contribution is -2.73. The molecule has 5 N–H and O–H groups in total. The molecule has 0 unspecified atom stereocenters. The van der Waals surface area contributed by atoms with Gasteiger partial charge >= 0.3 is 5.97 Å². The first kappa shape index (κ1) is 19.3. The Labute approximate surface area is 181 Å². The van der Waals surface area contributed by atoms with Gasteiger partial charge in [0.1, 0.15) is 6.61 Å². The molecule has 5 rings (SSSR count). The van der Waals surface area contributed by atoms with Gasteiger partial charge in [-0.3, -0.25) is 0 Å². The fourth-order valence-corrected chi connectivity index (χ4v) is 3.97. The number of fused-ring (bicyclic) bond motifs is 2. The van der Waals surface area contributed by atoms with Gasteiger partial charge < -0.3 is 14.8 Å². The molecule has 0 radical (unpaired) electrons. The summed E-state index contributed by atoms with van der Waals surface area (Å²) in [4.78, 5) is 22.1. The van der Waals surface area contributed by atoms with E-state index in [2.05, 4.69) is 10.0 Å². The quantitative estimate of drug-likeness (QED) is 0.158. The Morgan fingerprint density at radius 1 is 0.968 bits per heavy atom. The van der Waals surface area contributed by atoms with Gasteiger partial charge in [0.25, 0.3) is 0 Å². The molecule has 2 heterocycles. The minimum atomic E-state index is -0.298. The van der Waals surface area contributed by atoms with Crippen molar-refractivity contribution in [2.24, 2.45) is 0 Å². The number of carbonyl (C=O) groups excluding carboxylic acids is 1. The number of nitrogens with one attached hydrogen (secondary N) is 2. The highest BCUT2D eigenvalue weighted by atomic mass is 32.2. The van der Waals surface area contributed by atoms with E-state index in [0.29, 0.717) is 22.9 Å². The average Bonchev–Trinajstić information content (AvgIpc) is 3.17. The van der Waals surface area contributed by atoms with E-state index in [4.69, 9.17) is 14.7 Å². The van der Waals surface area contributed by atoms with Crippen molar-refractivity contribution < 1.29 is 20.2 Å². The summed E-state index contributed by atoms with van der Waals surface area (Å²) in [7, 11) is 0. The highest BCUT2D eigenvalue weighted by Gasteiger charge is 2.21. The highest BCUT2D eigenvalue weighted by molar-refractivity contribution is 8.00. The number of esters is 1. The summed E-state index contributed by atoms with van der Waals surface area (Å²) >= 11 is 1.37. The van der Waals surface area contributed by atoms with E-state index in [1.807, 2.05) is 60.7 Å². The molecule has 8 nitrogen and oxygen atoms in total. The van der Waals surface area contributed by atoms with Gasteiger partial charge in [0.15, 0.2) is 17.3 Å². The van der Waals surface area contributed by atoms with Crippen molar-refractivity contribution >= 4 is 52.0 Å². The van der Waals surface area contributed by atoms with Crippen molar-refractivity contribution in [1.29, 1.82) is 0 Å². The molecular formula is C22H18N5O3S+. The van der Waals surface area contributed by atoms with E-state index >= 15 is 0 Å². The van der Waals surface area contributed by atoms with E-state index in [1.54, 1.807) is 6.07 Å². The zero-order chi connectivity index (χ0) is 21.2. The van der Waals surface area contributed by atoms with Gasteiger partial charge in [0.2, 0.25) is 0 Å². The van der Waals surface area contributed by atoms with E-state index in [9.17, 15) is 10.0 Å². The molecule has 0 amide bonds. The van der Waals surface area contributed by atoms with Crippen LogP contribution in [-0.2, 0) is 11.3 Å². The van der Waals surface area contributed by atoms with Crippen LogP contribution in [0.25, 0.3) is 11.0 Å². The molecule has 9 heteroatoms. The first-order valence-corrected chi connectivity index (χ1v) is 10.4. The van der Waals surface area contributed by atoms with Crippen LogP contribution in [0.2, 0.25) is 0 Å². The van der Waals surface area contributed by atoms with Crippen molar-refractivity contribution in [3.05, 3.63) is 77.9 Å².